The molecule has 8 heteroatoms. The lowest BCUT2D eigenvalue weighted by molar-refractivity contribution is 0.0955. The van der Waals surface area contributed by atoms with Crippen LogP contribution in [0.5, 0.6) is 0 Å². The van der Waals surface area contributed by atoms with Crippen LogP contribution in [0.2, 0.25) is 5.02 Å². The van der Waals surface area contributed by atoms with E-state index in [1.54, 1.807) is 17.1 Å². The lowest BCUT2D eigenvalue weighted by Crippen LogP contribution is -2.25. The lowest BCUT2D eigenvalue weighted by Gasteiger charge is -2.05. The van der Waals surface area contributed by atoms with Crippen molar-refractivity contribution in [3.63, 3.8) is 0 Å². The molecule has 0 atom stereocenters. The number of carbonyl (C=O) groups is 1. The molecule has 3 heterocycles. The summed E-state index contributed by atoms with van der Waals surface area (Å²) in [6, 6.07) is 15.6. The number of benzene rings is 2. The average molecular weight is 431 g/mol. The Bertz CT molecular complexity index is 1410. The van der Waals surface area contributed by atoms with E-state index in [-0.39, 0.29) is 5.91 Å². The SMILES string of the molecule is Cn1nc(-c2cnc3[nH]cc(C(=O)NCCc4ccccc4)c3n2)c2ccc(Cl)cc21. The third kappa shape index (κ3) is 3.64. The van der Waals surface area contributed by atoms with Crippen LogP contribution in [-0.2, 0) is 13.5 Å². The quantitative estimate of drug-likeness (QED) is 0.438. The Morgan fingerprint density at radius 2 is 2.03 bits per heavy atom. The zero-order chi connectivity index (χ0) is 21.4. The molecule has 0 radical (unpaired) electrons. The normalized spacial score (nSPS) is 11.3. The molecule has 5 aromatic rings. The fourth-order valence-electron chi connectivity index (χ4n) is 3.66. The van der Waals surface area contributed by atoms with Crippen molar-refractivity contribution in [1.29, 1.82) is 0 Å². The molecule has 2 N–H and O–H groups in total. The summed E-state index contributed by atoms with van der Waals surface area (Å²) in [5.74, 6) is -0.189. The molecule has 0 aliphatic rings. The van der Waals surface area contributed by atoms with Gasteiger partial charge >= 0.3 is 0 Å². The first-order valence-corrected chi connectivity index (χ1v) is 10.3. The number of hydrogen-bond donors (Lipinski definition) is 2. The van der Waals surface area contributed by atoms with Gasteiger partial charge in [0.1, 0.15) is 16.9 Å². The molecular weight excluding hydrogens is 412 g/mol. The molecular formula is C23H19ClN6O. The van der Waals surface area contributed by atoms with Crippen LogP contribution < -0.4 is 5.32 Å². The number of fused-ring (bicyclic) bond motifs is 2. The maximum absolute atomic E-state index is 12.8. The van der Waals surface area contributed by atoms with Crippen molar-refractivity contribution in [2.75, 3.05) is 6.54 Å². The van der Waals surface area contributed by atoms with Crippen molar-refractivity contribution in [2.24, 2.45) is 7.05 Å². The van der Waals surface area contributed by atoms with E-state index in [2.05, 4.69) is 20.4 Å². The number of nitrogens with zero attached hydrogens (tertiary/aromatic N) is 4. The lowest BCUT2D eigenvalue weighted by atomic mass is 10.1. The van der Waals surface area contributed by atoms with Crippen molar-refractivity contribution in [3.05, 3.63) is 77.1 Å². The third-order valence-corrected chi connectivity index (χ3v) is 5.46. The molecule has 0 spiro atoms. The zero-order valence-corrected chi connectivity index (χ0v) is 17.5. The number of aromatic nitrogens is 5. The van der Waals surface area contributed by atoms with Crippen LogP contribution in [0.3, 0.4) is 0 Å². The Morgan fingerprint density at radius 1 is 1.19 bits per heavy atom. The maximum atomic E-state index is 12.8. The van der Waals surface area contributed by atoms with E-state index in [1.807, 2.05) is 55.6 Å². The Hall–Kier alpha value is -3.71. The number of aryl methyl sites for hydroxylation is 1. The highest BCUT2D eigenvalue weighted by Crippen LogP contribution is 2.29. The van der Waals surface area contributed by atoms with Crippen molar-refractivity contribution in [2.45, 2.75) is 6.42 Å². The van der Waals surface area contributed by atoms with E-state index < -0.39 is 0 Å². The van der Waals surface area contributed by atoms with E-state index >= 15 is 0 Å². The summed E-state index contributed by atoms with van der Waals surface area (Å²) < 4.78 is 1.76. The monoisotopic (exact) mass is 430 g/mol. The van der Waals surface area contributed by atoms with Crippen LogP contribution in [0.4, 0.5) is 0 Å². The zero-order valence-electron chi connectivity index (χ0n) is 16.8. The second-order valence-electron chi connectivity index (χ2n) is 7.28. The number of H-pyrrole nitrogens is 1. The first-order valence-electron chi connectivity index (χ1n) is 9.89. The van der Waals surface area contributed by atoms with Crippen LogP contribution in [0.25, 0.3) is 33.5 Å². The van der Waals surface area contributed by atoms with E-state index in [4.69, 9.17) is 16.6 Å². The summed E-state index contributed by atoms with van der Waals surface area (Å²) in [6.07, 6.45) is 4.06. The molecule has 0 saturated carbocycles. The average Bonchev–Trinajstić information content (AvgIpc) is 3.35. The van der Waals surface area contributed by atoms with Gasteiger partial charge < -0.3 is 10.3 Å². The maximum Gasteiger partial charge on any atom is 0.255 e. The van der Waals surface area contributed by atoms with Crippen molar-refractivity contribution in [3.8, 4) is 11.4 Å². The second kappa shape index (κ2) is 7.85. The Labute approximate surface area is 183 Å². The van der Waals surface area contributed by atoms with Gasteiger partial charge in [0, 0.05) is 30.2 Å². The molecule has 5 rings (SSSR count). The first-order chi connectivity index (χ1) is 15.1. The Kier molecular flexibility index (Phi) is 4.88. The predicted molar refractivity (Wildman–Crippen MR) is 121 cm³/mol. The highest BCUT2D eigenvalue weighted by molar-refractivity contribution is 6.31. The largest absolute Gasteiger partial charge is 0.352 e. The van der Waals surface area contributed by atoms with Crippen LogP contribution in [0.15, 0.2) is 60.9 Å². The summed E-state index contributed by atoms with van der Waals surface area (Å²) >= 11 is 6.13. The summed E-state index contributed by atoms with van der Waals surface area (Å²) in [5, 5.41) is 9.12. The molecule has 0 saturated heterocycles. The van der Waals surface area contributed by atoms with E-state index in [1.165, 1.54) is 5.56 Å². The van der Waals surface area contributed by atoms with Crippen LogP contribution in [0.1, 0.15) is 15.9 Å². The minimum Gasteiger partial charge on any atom is -0.352 e. The number of nitrogens with one attached hydrogen (secondary N) is 2. The predicted octanol–water partition coefficient (Wildman–Crippen LogP) is 4.14. The van der Waals surface area contributed by atoms with E-state index in [9.17, 15) is 4.79 Å². The summed E-state index contributed by atoms with van der Waals surface area (Å²) in [5.41, 5.74) is 4.89. The van der Waals surface area contributed by atoms with E-state index in [0.29, 0.717) is 39.7 Å². The third-order valence-electron chi connectivity index (χ3n) is 5.22. The van der Waals surface area contributed by atoms with Crippen molar-refractivity contribution in [1.82, 2.24) is 30.0 Å². The standard InChI is InChI=1S/C23H19ClN6O/c1-30-19-11-15(24)7-8-16(19)20(29-30)18-13-27-22-21(28-18)17(12-26-22)23(31)25-10-9-14-5-3-2-4-6-14/h2-8,11-13H,9-10H2,1H3,(H,25,31)(H,26,27). The molecule has 154 valence electrons. The first kappa shape index (κ1) is 19.3. The molecule has 0 unspecified atom stereocenters. The molecule has 3 aromatic heterocycles. The van der Waals surface area contributed by atoms with Crippen LogP contribution in [-0.4, -0.2) is 37.2 Å². The van der Waals surface area contributed by atoms with Gasteiger partial charge in [0.2, 0.25) is 0 Å². The van der Waals surface area contributed by atoms with Gasteiger partial charge in [-0.25, -0.2) is 9.97 Å². The smallest absolute Gasteiger partial charge is 0.255 e. The van der Waals surface area contributed by atoms with Gasteiger partial charge in [-0.2, -0.15) is 5.10 Å². The number of hydrogen-bond acceptors (Lipinski definition) is 4. The molecule has 7 nitrogen and oxygen atoms in total. The number of carbonyl (C=O) groups excluding carboxylic acids is 1. The fourth-order valence-corrected chi connectivity index (χ4v) is 3.82. The Balaban J connectivity index is 1.44. The van der Waals surface area contributed by atoms with Crippen LogP contribution >= 0.6 is 11.6 Å². The molecule has 1 amide bonds. The molecule has 31 heavy (non-hydrogen) atoms. The molecule has 0 bridgehead atoms. The topological polar surface area (TPSA) is 88.5 Å². The highest BCUT2D eigenvalue weighted by atomic mass is 35.5. The van der Waals surface area contributed by atoms with Crippen molar-refractivity contribution < 1.29 is 4.79 Å². The van der Waals surface area contributed by atoms with Gasteiger partial charge in [-0.15, -0.1) is 0 Å². The number of rotatable bonds is 5. The molecule has 0 aliphatic carbocycles. The van der Waals surface area contributed by atoms with Gasteiger partial charge in [0.15, 0.2) is 5.65 Å². The number of amides is 1. The second-order valence-corrected chi connectivity index (χ2v) is 7.72. The van der Waals surface area contributed by atoms with Gasteiger partial charge in [0.05, 0.1) is 17.3 Å². The molecule has 2 aromatic carbocycles. The molecule has 0 fully saturated rings. The number of aromatic amines is 1. The van der Waals surface area contributed by atoms with Gasteiger partial charge in [0.25, 0.3) is 5.91 Å². The summed E-state index contributed by atoms with van der Waals surface area (Å²) in [4.78, 5) is 25.0. The van der Waals surface area contributed by atoms with Gasteiger partial charge in [-0.1, -0.05) is 41.9 Å². The fraction of sp³-hybridized carbons (Fsp3) is 0.130. The number of halogens is 1. The van der Waals surface area contributed by atoms with Crippen LogP contribution in [0, 0.1) is 0 Å². The van der Waals surface area contributed by atoms with E-state index in [0.717, 1.165) is 17.3 Å². The summed E-state index contributed by atoms with van der Waals surface area (Å²) in [7, 11) is 1.86. The van der Waals surface area contributed by atoms with Gasteiger partial charge in [-0.05, 0) is 30.2 Å². The van der Waals surface area contributed by atoms with Gasteiger partial charge in [-0.3, -0.25) is 9.48 Å². The molecule has 0 aliphatic heterocycles. The minimum absolute atomic E-state index is 0.189. The Morgan fingerprint density at radius 3 is 2.87 bits per heavy atom. The van der Waals surface area contributed by atoms with Crippen molar-refractivity contribution >= 4 is 39.6 Å². The highest BCUT2D eigenvalue weighted by Gasteiger charge is 2.18. The summed E-state index contributed by atoms with van der Waals surface area (Å²) in [6.45, 7) is 0.536. The minimum atomic E-state index is -0.189.